The molecule has 0 N–H and O–H groups in total. The molecular weight excluding hydrogens is 339 g/mol. The Morgan fingerprint density at radius 3 is 2.30 bits per heavy atom. The van der Waals surface area contributed by atoms with E-state index < -0.39 is 8.32 Å². The van der Waals surface area contributed by atoms with Crippen LogP contribution < -0.4 is 4.74 Å². The molecule has 0 radical (unpaired) electrons. The zero-order valence-electron chi connectivity index (χ0n) is 13.1. The van der Waals surface area contributed by atoms with E-state index in [0.717, 1.165) is 10.0 Å². The lowest BCUT2D eigenvalue weighted by molar-refractivity contribution is 0.198. The highest BCUT2D eigenvalue weighted by molar-refractivity contribution is 9.10. The quantitative estimate of drug-likeness (QED) is 0.522. The van der Waals surface area contributed by atoms with Crippen LogP contribution in [0.2, 0.25) is 18.1 Å². The lowest BCUT2D eigenvalue weighted by Crippen LogP contribution is -2.41. The van der Waals surface area contributed by atoms with Gasteiger partial charge in [-0.1, -0.05) is 36.7 Å². The standard InChI is InChI=1S/C15H24BrFO2Si/c1-11-9-12(16)10-13(17)14(11)18-7-8-19-20(5,6)15(2,3)4/h9-10H,7-8H2,1-6H3. The summed E-state index contributed by atoms with van der Waals surface area (Å²) in [6.07, 6.45) is 0. The van der Waals surface area contributed by atoms with Crippen molar-refractivity contribution in [3.05, 3.63) is 28.0 Å². The summed E-state index contributed by atoms with van der Waals surface area (Å²) in [6, 6.07) is 3.25. The number of benzene rings is 1. The molecular formula is C15H24BrFO2Si. The second-order valence-electron chi connectivity index (χ2n) is 6.49. The maximum Gasteiger partial charge on any atom is 0.192 e. The fourth-order valence-corrected chi connectivity index (χ4v) is 3.10. The predicted molar refractivity (Wildman–Crippen MR) is 87.5 cm³/mol. The SMILES string of the molecule is Cc1cc(Br)cc(F)c1OCCO[Si](C)(C)C(C)(C)C. The lowest BCUT2D eigenvalue weighted by atomic mass is 10.2. The zero-order chi connectivity index (χ0) is 15.6. The molecule has 0 aliphatic carbocycles. The van der Waals surface area contributed by atoms with Crippen molar-refractivity contribution in [2.24, 2.45) is 0 Å². The second kappa shape index (κ2) is 6.58. The largest absolute Gasteiger partial charge is 0.488 e. The summed E-state index contributed by atoms with van der Waals surface area (Å²) in [6.45, 7) is 13.7. The van der Waals surface area contributed by atoms with Crippen LogP contribution in [0.15, 0.2) is 16.6 Å². The van der Waals surface area contributed by atoms with Gasteiger partial charge in [0.15, 0.2) is 19.9 Å². The van der Waals surface area contributed by atoms with Crippen molar-refractivity contribution in [3.63, 3.8) is 0 Å². The van der Waals surface area contributed by atoms with E-state index in [2.05, 4.69) is 49.8 Å². The Bertz CT molecular complexity index is 446. The molecule has 0 heterocycles. The van der Waals surface area contributed by atoms with Crippen LogP contribution in [-0.2, 0) is 4.43 Å². The van der Waals surface area contributed by atoms with Gasteiger partial charge >= 0.3 is 0 Å². The molecule has 0 bridgehead atoms. The van der Waals surface area contributed by atoms with Crippen LogP contribution in [0.25, 0.3) is 0 Å². The van der Waals surface area contributed by atoms with Crippen LogP contribution in [0.3, 0.4) is 0 Å². The summed E-state index contributed by atoms with van der Waals surface area (Å²) < 4.78 is 26.0. The fourth-order valence-electron chi connectivity index (χ4n) is 1.53. The van der Waals surface area contributed by atoms with E-state index in [0.29, 0.717) is 19.0 Å². The van der Waals surface area contributed by atoms with Crippen LogP contribution in [-0.4, -0.2) is 21.5 Å². The van der Waals surface area contributed by atoms with Crippen molar-refractivity contribution in [2.45, 2.75) is 45.8 Å². The normalized spacial score (nSPS) is 12.6. The Morgan fingerprint density at radius 1 is 1.20 bits per heavy atom. The summed E-state index contributed by atoms with van der Waals surface area (Å²) >= 11 is 3.26. The molecule has 0 spiro atoms. The Morgan fingerprint density at radius 2 is 1.80 bits per heavy atom. The van der Waals surface area contributed by atoms with E-state index in [9.17, 15) is 4.39 Å². The highest BCUT2D eigenvalue weighted by atomic mass is 79.9. The average Bonchev–Trinajstić information content (AvgIpc) is 2.24. The van der Waals surface area contributed by atoms with E-state index in [-0.39, 0.29) is 10.9 Å². The van der Waals surface area contributed by atoms with Gasteiger partial charge in [-0.25, -0.2) is 4.39 Å². The van der Waals surface area contributed by atoms with Gasteiger partial charge in [0.05, 0.1) is 6.61 Å². The molecule has 114 valence electrons. The first-order valence-electron chi connectivity index (χ1n) is 6.77. The van der Waals surface area contributed by atoms with Crippen molar-refractivity contribution in [2.75, 3.05) is 13.2 Å². The van der Waals surface area contributed by atoms with Crippen molar-refractivity contribution < 1.29 is 13.6 Å². The molecule has 2 nitrogen and oxygen atoms in total. The molecule has 0 fully saturated rings. The van der Waals surface area contributed by atoms with Gasteiger partial charge in [0.1, 0.15) is 6.61 Å². The number of rotatable bonds is 5. The minimum absolute atomic E-state index is 0.172. The molecule has 1 rings (SSSR count). The average molecular weight is 363 g/mol. The maximum atomic E-state index is 13.8. The third kappa shape index (κ3) is 4.57. The Hall–Kier alpha value is -0.393. The molecule has 0 saturated heterocycles. The number of hydrogen-bond acceptors (Lipinski definition) is 2. The minimum atomic E-state index is -1.76. The molecule has 0 saturated carbocycles. The molecule has 1 aromatic rings. The molecule has 0 aromatic heterocycles. The monoisotopic (exact) mass is 362 g/mol. The third-order valence-corrected chi connectivity index (χ3v) is 8.79. The van der Waals surface area contributed by atoms with E-state index in [4.69, 9.17) is 9.16 Å². The molecule has 0 amide bonds. The topological polar surface area (TPSA) is 18.5 Å². The first-order chi connectivity index (χ1) is 9.04. The van der Waals surface area contributed by atoms with Gasteiger partial charge in [-0.3, -0.25) is 0 Å². The number of aryl methyl sites for hydroxylation is 1. The number of halogens is 2. The Balaban J connectivity index is 2.55. The number of hydrogen-bond donors (Lipinski definition) is 0. The molecule has 0 atom stereocenters. The van der Waals surface area contributed by atoms with Gasteiger partial charge in [-0.15, -0.1) is 0 Å². The van der Waals surface area contributed by atoms with Gasteiger partial charge in [0.25, 0.3) is 0 Å². The fraction of sp³-hybridized carbons (Fsp3) is 0.600. The molecule has 1 aromatic carbocycles. The van der Waals surface area contributed by atoms with Gasteiger partial charge in [-0.2, -0.15) is 0 Å². The van der Waals surface area contributed by atoms with E-state index in [1.54, 1.807) is 0 Å². The van der Waals surface area contributed by atoms with E-state index in [1.807, 2.05) is 13.0 Å². The highest BCUT2D eigenvalue weighted by Crippen LogP contribution is 2.36. The summed E-state index contributed by atoms with van der Waals surface area (Å²) in [4.78, 5) is 0. The molecule has 0 aliphatic rings. The van der Waals surface area contributed by atoms with Crippen molar-refractivity contribution in [1.29, 1.82) is 0 Å². The Labute approximate surface area is 130 Å². The van der Waals surface area contributed by atoms with Gasteiger partial charge in [0.2, 0.25) is 0 Å². The van der Waals surface area contributed by atoms with Crippen LogP contribution in [0.5, 0.6) is 5.75 Å². The molecule has 0 unspecified atom stereocenters. The van der Waals surface area contributed by atoms with Crippen LogP contribution >= 0.6 is 15.9 Å². The smallest absolute Gasteiger partial charge is 0.192 e. The first-order valence-corrected chi connectivity index (χ1v) is 10.5. The number of ether oxygens (including phenoxy) is 1. The van der Waals surface area contributed by atoms with Gasteiger partial charge in [-0.05, 0) is 42.8 Å². The van der Waals surface area contributed by atoms with Gasteiger partial charge < -0.3 is 9.16 Å². The third-order valence-electron chi connectivity index (χ3n) is 3.79. The molecule has 0 aliphatic heterocycles. The van der Waals surface area contributed by atoms with Crippen LogP contribution in [0, 0.1) is 12.7 Å². The summed E-state index contributed by atoms with van der Waals surface area (Å²) in [5.74, 6) is -0.0313. The lowest BCUT2D eigenvalue weighted by Gasteiger charge is -2.36. The zero-order valence-corrected chi connectivity index (χ0v) is 15.7. The summed E-state index contributed by atoms with van der Waals surface area (Å²) in [5, 5.41) is 0.172. The van der Waals surface area contributed by atoms with E-state index >= 15 is 0 Å². The summed E-state index contributed by atoms with van der Waals surface area (Å²) in [7, 11) is -1.76. The second-order valence-corrected chi connectivity index (χ2v) is 12.2. The minimum Gasteiger partial charge on any atom is -0.488 e. The van der Waals surface area contributed by atoms with Gasteiger partial charge in [0, 0.05) is 4.47 Å². The van der Waals surface area contributed by atoms with Crippen molar-refractivity contribution in [3.8, 4) is 5.75 Å². The molecule has 20 heavy (non-hydrogen) atoms. The highest BCUT2D eigenvalue weighted by Gasteiger charge is 2.36. The maximum absolute atomic E-state index is 13.8. The molecule has 5 heteroatoms. The van der Waals surface area contributed by atoms with Crippen molar-refractivity contribution >= 4 is 24.2 Å². The Kier molecular flexibility index (Phi) is 5.81. The summed E-state index contributed by atoms with van der Waals surface area (Å²) in [5.41, 5.74) is 0.782. The van der Waals surface area contributed by atoms with E-state index in [1.165, 1.54) is 6.07 Å². The van der Waals surface area contributed by atoms with Crippen molar-refractivity contribution in [1.82, 2.24) is 0 Å². The predicted octanol–water partition coefficient (Wildman–Crippen LogP) is 5.30. The first kappa shape index (κ1) is 17.7. The van der Waals surface area contributed by atoms with Crippen LogP contribution in [0.1, 0.15) is 26.3 Å². The van der Waals surface area contributed by atoms with Crippen LogP contribution in [0.4, 0.5) is 4.39 Å².